The van der Waals surface area contributed by atoms with E-state index >= 15 is 0 Å². The maximum Gasteiger partial charge on any atom is 0.147 e. The summed E-state index contributed by atoms with van der Waals surface area (Å²) in [5.74, 6) is 1.81. The van der Waals surface area contributed by atoms with E-state index in [4.69, 9.17) is 5.73 Å². The highest BCUT2D eigenvalue weighted by atomic mass is 15.3. The van der Waals surface area contributed by atoms with Crippen molar-refractivity contribution in [3.05, 3.63) is 47.0 Å². The van der Waals surface area contributed by atoms with Crippen molar-refractivity contribution in [3.8, 4) is 0 Å². The van der Waals surface area contributed by atoms with Crippen LogP contribution in [0.1, 0.15) is 43.5 Å². The molecule has 0 aliphatic rings. The van der Waals surface area contributed by atoms with E-state index in [0.29, 0.717) is 6.54 Å². The first kappa shape index (κ1) is 13.7. The van der Waals surface area contributed by atoms with E-state index in [1.807, 2.05) is 0 Å². The van der Waals surface area contributed by atoms with Crippen molar-refractivity contribution in [1.82, 2.24) is 14.8 Å². The molecule has 0 unspecified atom stereocenters. The first-order valence-electron chi connectivity index (χ1n) is 6.61. The van der Waals surface area contributed by atoms with E-state index in [9.17, 15) is 0 Å². The van der Waals surface area contributed by atoms with Gasteiger partial charge >= 0.3 is 0 Å². The summed E-state index contributed by atoms with van der Waals surface area (Å²) in [5, 5.41) is 8.51. The summed E-state index contributed by atoms with van der Waals surface area (Å²) in [4.78, 5) is 0. The number of aryl methyl sites for hydroxylation is 1. The van der Waals surface area contributed by atoms with Gasteiger partial charge in [0.2, 0.25) is 0 Å². The molecule has 19 heavy (non-hydrogen) atoms. The van der Waals surface area contributed by atoms with Crippen LogP contribution in [0.2, 0.25) is 0 Å². The third-order valence-electron chi connectivity index (χ3n) is 3.13. The molecule has 1 aromatic heterocycles. The molecule has 0 atom stereocenters. The van der Waals surface area contributed by atoms with Crippen LogP contribution >= 0.6 is 0 Å². The summed E-state index contributed by atoms with van der Waals surface area (Å²) >= 11 is 0. The van der Waals surface area contributed by atoms with Crippen LogP contribution in [0.4, 0.5) is 0 Å². The van der Waals surface area contributed by atoms with Crippen molar-refractivity contribution in [3.63, 3.8) is 0 Å². The number of nitrogens with two attached hydrogens (primary N) is 1. The SMILES string of the molecule is Cc1ccc(Cc2nnc(CN)n2C(C)(C)C)cc1. The Morgan fingerprint density at radius 2 is 1.63 bits per heavy atom. The highest BCUT2D eigenvalue weighted by molar-refractivity contribution is 5.24. The molecular weight excluding hydrogens is 236 g/mol. The lowest BCUT2D eigenvalue weighted by Crippen LogP contribution is -2.27. The lowest BCUT2D eigenvalue weighted by Gasteiger charge is -2.24. The zero-order valence-electron chi connectivity index (χ0n) is 12.1. The third kappa shape index (κ3) is 3.01. The average molecular weight is 258 g/mol. The number of hydrogen-bond acceptors (Lipinski definition) is 3. The molecule has 0 bridgehead atoms. The fourth-order valence-corrected chi connectivity index (χ4v) is 2.26. The van der Waals surface area contributed by atoms with Gasteiger partial charge in [0, 0.05) is 12.0 Å². The van der Waals surface area contributed by atoms with E-state index in [-0.39, 0.29) is 5.54 Å². The molecule has 1 heterocycles. The second-order valence-corrected chi connectivity index (χ2v) is 5.91. The van der Waals surface area contributed by atoms with Gasteiger partial charge in [0.15, 0.2) is 0 Å². The van der Waals surface area contributed by atoms with Crippen LogP contribution in [0.3, 0.4) is 0 Å². The maximum absolute atomic E-state index is 5.75. The Morgan fingerprint density at radius 3 is 2.16 bits per heavy atom. The number of rotatable bonds is 3. The van der Waals surface area contributed by atoms with Gasteiger partial charge in [0.05, 0.1) is 6.54 Å². The van der Waals surface area contributed by atoms with Crippen LogP contribution in [-0.4, -0.2) is 14.8 Å². The van der Waals surface area contributed by atoms with Crippen molar-refractivity contribution in [2.45, 2.75) is 46.2 Å². The Kier molecular flexibility index (Phi) is 3.71. The summed E-state index contributed by atoms with van der Waals surface area (Å²) in [6.45, 7) is 8.95. The summed E-state index contributed by atoms with van der Waals surface area (Å²) in [6, 6.07) is 8.52. The second-order valence-electron chi connectivity index (χ2n) is 5.91. The Bertz CT molecular complexity index is 547. The van der Waals surface area contributed by atoms with Crippen molar-refractivity contribution in [2.75, 3.05) is 0 Å². The van der Waals surface area contributed by atoms with Crippen LogP contribution < -0.4 is 5.73 Å². The normalized spacial score (nSPS) is 11.8. The monoisotopic (exact) mass is 258 g/mol. The Hall–Kier alpha value is -1.68. The molecule has 1 aromatic carbocycles. The van der Waals surface area contributed by atoms with Crippen LogP contribution in [0.15, 0.2) is 24.3 Å². The average Bonchev–Trinajstić information content (AvgIpc) is 2.75. The van der Waals surface area contributed by atoms with Crippen LogP contribution in [0.5, 0.6) is 0 Å². The number of aromatic nitrogens is 3. The highest BCUT2D eigenvalue weighted by Gasteiger charge is 2.22. The molecule has 4 heteroatoms. The Labute approximate surface area is 114 Å². The quantitative estimate of drug-likeness (QED) is 0.919. The first-order valence-corrected chi connectivity index (χ1v) is 6.61. The zero-order valence-corrected chi connectivity index (χ0v) is 12.1. The van der Waals surface area contributed by atoms with Gasteiger partial charge in [-0.1, -0.05) is 29.8 Å². The van der Waals surface area contributed by atoms with Gasteiger partial charge in [-0.2, -0.15) is 0 Å². The van der Waals surface area contributed by atoms with Gasteiger partial charge in [-0.05, 0) is 33.3 Å². The van der Waals surface area contributed by atoms with Gasteiger partial charge in [0.25, 0.3) is 0 Å². The lowest BCUT2D eigenvalue weighted by atomic mass is 10.1. The van der Waals surface area contributed by atoms with Gasteiger partial charge in [-0.3, -0.25) is 0 Å². The number of nitrogens with zero attached hydrogens (tertiary/aromatic N) is 3. The minimum atomic E-state index is -0.0573. The van der Waals surface area contributed by atoms with E-state index in [2.05, 4.69) is 66.7 Å². The fourth-order valence-electron chi connectivity index (χ4n) is 2.26. The predicted molar refractivity (Wildman–Crippen MR) is 76.9 cm³/mol. The summed E-state index contributed by atoms with van der Waals surface area (Å²) in [7, 11) is 0. The van der Waals surface area contributed by atoms with Gasteiger partial charge in [0.1, 0.15) is 11.6 Å². The minimum Gasteiger partial charge on any atom is -0.324 e. The molecule has 0 fully saturated rings. The molecule has 2 N–H and O–H groups in total. The Morgan fingerprint density at radius 1 is 1.05 bits per heavy atom. The number of hydrogen-bond donors (Lipinski definition) is 1. The van der Waals surface area contributed by atoms with Crippen LogP contribution in [0, 0.1) is 6.92 Å². The molecule has 2 aromatic rings. The molecule has 0 amide bonds. The number of benzene rings is 1. The van der Waals surface area contributed by atoms with E-state index < -0.39 is 0 Å². The lowest BCUT2D eigenvalue weighted by molar-refractivity contribution is 0.371. The van der Waals surface area contributed by atoms with Gasteiger partial charge in [-0.25, -0.2) is 0 Å². The minimum absolute atomic E-state index is 0.0573. The largest absolute Gasteiger partial charge is 0.324 e. The molecule has 4 nitrogen and oxygen atoms in total. The summed E-state index contributed by atoms with van der Waals surface area (Å²) < 4.78 is 2.15. The zero-order chi connectivity index (χ0) is 14.0. The molecule has 0 saturated carbocycles. The molecule has 0 spiro atoms. The van der Waals surface area contributed by atoms with Crippen molar-refractivity contribution in [1.29, 1.82) is 0 Å². The summed E-state index contributed by atoms with van der Waals surface area (Å²) in [5.41, 5.74) is 8.20. The van der Waals surface area contributed by atoms with Crippen molar-refractivity contribution < 1.29 is 0 Å². The van der Waals surface area contributed by atoms with Gasteiger partial charge < -0.3 is 10.3 Å². The fraction of sp³-hybridized carbons (Fsp3) is 0.467. The first-order chi connectivity index (χ1) is 8.91. The standard InChI is InChI=1S/C15H22N4/c1-11-5-7-12(8-6-11)9-13-17-18-14(10-16)19(13)15(2,3)4/h5-8H,9-10,16H2,1-4H3. The van der Waals surface area contributed by atoms with E-state index in [1.54, 1.807) is 0 Å². The molecule has 2 rings (SSSR count). The molecule has 102 valence electrons. The third-order valence-corrected chi connectivity index (χ3v) is 3.13. The summed E-state index contributed by atoms with van der Waals surface area (Å²) in [6.07, 6.45) is 0.782. The predicted octanol–water partition coefficient (Wildman–Crippen LogP) is 2.39. The molecule has 0 aliphatic heterocycles. The smallest absolute Gasteiger partial charge is 0.147 e. The van der Waals surface area contributed by atoms with Crippen molar-refractivity contribution in [2.24, 2.45) is 5.73 Å². The van der Waals surface area contributed by atoms with Gasteiger partial charge in [-0.15, -0.1) is 10.2 Å². The van der Waals surface area contributed by atoms with E-state index in [0.717, 1.165) is 18.1 Å². The van der Waals surface area contributed by atoms with Crippen LogP contribution in [-0.2, 0) is 18.5 Å². The van der Waals surface area contributed by atoms with E-state index in [1.165, 1.54) is 11.1 Å². The Balaban J connectivity index is 2.35. The maximum atomic E-state index is 5.75. The molecular formula is C15H22N4. The van der Waals surface area contributed by atoms with Crippen molar-refractivity contribution >= 4 is 0 Å². The highest BCUT2D eigenvalue weighted by Crippen LogP contribution is 2.20. The molecule has 0 radical (unpaired) electrons. The van der Waals surface area contributed by atoms with Crippen LogP contribution in [0.25, 0.3) is 0 Å². The second kappa shape index (κ2) is 5.13. The molecule has 0 aliphatic carbocycles. The topological polar surface area (TPSA) is 56.7 Å². The molecule has 0 saturated heterocycles.